The van der Waals surface area contributed by atoms with Crippen molar-refractivity contribution >= 4 is 34.2 Å². The first-order valence-corrected chi connectivity index (χ1v) is 10.3. The van der Waals surface area contributed by atoms with Gasteiger partial charge in [0.15, 0.2) is 11.6 Å². The molecule has 0 bridgehead atoms. The Morgan fingerprint density at radius 3 is 2.83 bits per heavy atom. The Bertz CT molecular complexity index is 978. The first-order chi connectivity index (χ1) is 14.1. The number of aromatic nitrogens is 6. The number of imidazole rings is 1. The second kappa shape index (κ2) is 8.83. The molecule has 1 aliphatic rings. The molecule has 4 rings (SSSR count). The molecule has 9 nitrogen and oxygen atoms in total. The molecule has 156 valence electrons. The molecule has 1 saturated carbocycles. The lowest BCUT2D eigenvalue weighted by Gasteiger charge is -2.27. The zero-order chi connectivity index (χ0) is 20.4. The summed E-state index contributed by atoms with van der Waals surface area (Å²) in [5.74, 6) is 1.46. The summed E-state index contributed by atoms with van der Waals surface area (Å²) in [5.41, 5.74) is 1.16. The molecule has 0 saturated heterocycles. The molecule has 3 N–H and O–H groups in total. The van der Waals surface area contributed by atoms with E-state index >= 15 is 0 Å². The van der Waals surface area contributed by atoms with Gasteiger partial charge in [-0.2, -0.15) is 5.21 Å². The van der Waals surface area contributed by atoms with Crippen molar-refractivity contribution in [3.8, 4) is 5.75 Å². The molecule has 2 atom stereocenters. The summed E-state index contributed by atoms with van der Waals surface area (Å²) in [7, 11) is 0. The Morgan fingerprint density at radius 2 is 2.10 bits per heavy atom. The standard InChI is InChI=1S/C18H22Cl2N6O3/c19-11-7-12-17(21-15(9-27)26(12)8-14-22-24-25-23-14)18(16(11)20)29-6-5-10-3-1-2-4-13(10)28/h7,10,13,27-28H,1-6,8-9H2,(H,22,23,24,25)/t10-,13+/m1/s1. The first kappa shape index (κ1) is 20.3. The number of benzene rings is 1. The third-order valence-corrected chi connectivity index (χ3v) is 6.18. The normalized spacial score (nSPS) is 19.7. The maximum absolute atomic E-state index is 10.2. The van der Waals surface area contributed by atoms with E-state index in [2.05, 4.69) is 25.6 Å². The number of hydrogen-bond donors (Lipinski definition) is 3. The van der Waals surface area contributed by atoms with Crippen LogP contribution in [0.15, 0.2) is 6.07 Å². The van der Waals surface area contributed by atoms with Crippen molar-refractivity contribution in [1.82, 2.24) is 30.2 Å². The maximum atomic E-state index is 10.2. The topological polar surface area (TPSA) is 122 Å². The number of aliphatic hydroxyl groups excluding tert-OH is 2. The molecular formula is C18H22Cl2N6O3. The molecule has 29 heavy (non-hydrogen) atoms. The van der Waals surface area contributed by atoms with E-state index in [-0.39, 0.29) is 30.2 Å². The van der Waals surface area contributed by atoms with Crippen LogP contribution >= 0.6 is 23.2 Å². The van der Waals surface area contributed by atoms with Crippen molar-refractivity contribution in [3.63, 3.8) is 0 Å². The molecule has 3 aromatic rings. The second-order valence-electron chi connectivity index (χ2n) is 7.22. The smallest absolute Gasteiger partial charge is 0.194 e. The van der Waals surface area contributed by atoms with E-state index in [1.807, 2.05) is 0 Å². The number of ether oxygens (including phenoxy) is 1. The lowest BCUT2D eigenvalue weighted by molar-refractivity contribution is 0.0574. The largest absolute Gasteiger partial charge is 0.490 e. The summed E-state index contributed by atoms with van der Waals surface area (Å²) < 4.78 is 7.75. The maximum Gasteiger partial charge on any atom is 0.194 e. The summed E-state index contributed by atoms with van der Waals surface area (Å²) in [6.07, 6.45) is 4.48. The third-order valence-electron chi connectivity index (χ3n) is 5.41. The fraction of sp³-hybridized carbons (Fsp3) is 0.556. The quantitative estimate of drug-likeness (QED) is 0.515. The van der Waals surface area contributed by atoms with Gasteiger partial charge in [0, 0.05) is 0 Å². The zero-order valence-electron chi connectivity index (χ0n) is 15.7. The number of nitrogens with one attached hydrogen (secondary N) is 1. The SMILES string of the molecule is OCc1nc2c(OCC[C@H]3CCCC[C@@H]3O)c(Cl)c(Cl)cc2n1Cc1nn[nH]n1. The van der Waals surface area contributed by atoms with Gasteiger partial charge in [-0.3, -0.25) is 0 Å². The van der Waals surface area contributed by atoms with E-state index in [1.165, 1.54) is 0 Å². The number of tetrazole rings is 1. The molecule has 1 aliphatic carbocycles. The molecule has 11 heteroatoms. The molecule has 0 amide bonds. The third kappa shape index (κ3) is 4.18. The number of rotatable bonds is 7. The van der Waals surface area contributed by atoms with E-state index in [0.717, 1.165) is 32.1 Å². The molecule has 0 unspecified atom stereocenters. The Balaban J connectivity index is 1.62. The van der Waals surface area contributed by atoms with Crippen LogP contribution in [0, 0.1) is 5.92 Å². The number of hydrogen-bond acceptors (Lipinski definition) is 7. The van der Waals surface area contributed by atoms with Crippen LogP contribution in [0.3, 0.4) is 0 Å². The summed E-state index contributed by atoms with van der Waals surface area (Å²) in [5, 5.41) is 34.4. The Kier molecular flexibility index (Phi) is 6.19. The zero-order valence-corrected chi connectivity index (χ0v) is 17.2. The van der Waals surface area contributed by atoms with Crippen LogP contribution in [-0.4, -0.2) is 53.1 Å². The Hall–Kier alpha value is -1.94. The summed E-state index contributed by atoms with van der Waals surface area (Å²) in [6, 6.07) is 1.68. The van der Waals surface area contributed by atoms with Gasteiger partial charge in [-0.15, -0.1) is 10.2 Å². The van der Waals surface area contributed by atoms with E-state index in [9.17, 15) is 10.2 Å². The van der Waals surface area contributed by atoms with Crippen LogP contribution in [0.5, 0.6) is 5.75 Å². The average Bonchev–Trinajstić information content (AvgIpc) is 3.35. The van der Waals surface area contributed by atoms with Crippen LogP contribution in [0.1, 0.15) is 43.8 Å². The highest BCUT2D eigenvalue weighted by Crippen LogP contribution is 2.40. The van der Waals surface area contributed by atoms with Crippen LogP contribution in [0.4, 0.5) is 0 Å². The molecular weight excluding hydrogens is 419 g/mol. The summed E-state index contributed by atoms with van der Waals surface area (Å²) >= 11 is 12.8. The van der Waals surface area contributed by atoms with Crippen molar-refractivity contribution in [2.45, 2.75) is 51.4 Å². The lowest BCUT2D eigenvalue weighted by Crippen LogP contribution is -2.26. The van der Waals surface area contributed by atoms with Gasteiger partial charge in [0.05, 0.1) is 29.8 Å². The van der Waals surface area contributed by atoms with Crippen LogP contribution < -0.4 is 4.74 Å². The fourth-order valence-corrected chi connectivity index (χ4v) is 4.27. The molecule has 0 spiro atoms. The predicted octanol–water partition coefficient (Wildman–Crippen LogP) is 2.72. The van der Waals surface area contributed by atoms with Crippen molar-refractivity contribution in [1.29, 1.82) is 0 Å². The van der Waals surface area contributed by atoms with E-state index in [1.54, 1.807) is 10.6 Å². The van der Waals surface area contributed by atoms with Gasteiger partial charge in [-0.25, -0.2) is 4.98 Å². The number of aliphatic hydroxyl groups is 2. The number of H-pyrrole nitrogens is 1. The van der Waals surface area contributed by atoms with Gasteiger partial charge >= 0.3 is 0 Å². The number of fused-ring (bicyclic) bond motifs is 1. The number of halogens is 2. The van der Waals surface area contributed by atoms with Gasteiger partial charge in [0.1, 0.15) is 23.0 Å². The van der Waals surface area contributed by atoms with Crippen molar-refractivity contribution in [2.75, 3.05) is 6.61 Å². The van der Waals surface area contributed by atoms with Gasteiger partial charge in [-0.1, -0.05) is 41.3 Å². The Labute approximate surface area is 177 Å². The highest BCUT2D eigenvalue weighted by Gasteiger charge is 2.24. The molecule has 1 fully saturated rings. The predicted molar refractivity (Wildman–Crippen MR) is 107 cm³/mol. The molecule has 1 aromatic carbocycles. The van der Waals surface area contributed by atoms with Crippen molar-refractivity contribution < 1.29 is 14.9 Å². The summed E-state index contributed by atoms with van der Waals surface area (Å²) in [6.45, 7) is 0.368. The first-order valence-electron chi connectivity index (χ1n) is 9.59. The lowest BCUT2D eigenvalue weighted by atomic mass is 9.85. The minimum Gasteiger partial charge on any atom is -0.490 e. The summed E-state index contributed by atoms with van der Waals surface area (Å²) in [4.78, 5) is 4.50. The average molecular weight is 441 g/mol. The Morgan fingerprint density at radius 1 is 1.28 bits per heavy atom. The van der Waals surface area contributed by atoms with Gasteiger partial charge in [0.25, 0.3) is 0 Å². The van der Waals surface area contributed by atoms with E-state index < -0.39 is 0 Å². The fourth-order valence-electron chi connectivity index (χ4n) is 3.88. The van der Waals surface area contributed by atoms with Crippen LogP contribution in [0.25, 0.3) is 11.0 Å². The number of nitrogens with zero attached hydrogens (tertiary/aromatic N) is 5. The van der Waals surface area contributed by atoms with Crippen molar-refractivity contribution in [2.24, 2.45) is 5.92 Å². The second-order valence-corrected chi connectivity index (χ2v) is 8.00. The van der Waals surface area contributed by atoms with Crippen molar-refractivity contribution in [3.05, 3.63) is 27.8 Å². The molecule has 0 aliphatic heterocycles. The van der Waals surface area contributed by atoms with Gasteiger partial charge in [0.2, 0.25) is 0 Å². The molecule has 0 radical (unpaired) electrons. The highest BCUT2D eigenvalue weighted by molar-refractivity contribution is 6.44. The minimum atomic E-state index is -0.282. The number of aromatic amines is 1. The van der Waals surface area contributed by atoms with Crippen LogP contribution in [-0.2, 0) is 13.2 Å². The highest BCUT2D eigenvalue weighted by atomic mass is 35.5. The monoisotopic (exact) mass is 440 g/mol. The van der Waals surface area contributed by atoms with E-state index in [4.69, 9.17) is 27.9 Å². The van der Waals surface area contributed by atoms with Crippen LogP contribution in [0.2, 0.25) is 10.0 Å². The van der Waals surface area contributed by atoms with Gasteiger partial charge < -0.3 is 19.5 Å². The molecule has 2 heterocycles. The van der Waals surface area contributed by atoms with Gasteiger partial charge in [-0.05, 0) is 31.2 Å². The van der Waals surface area contributed by atoms with E-state index in [0.29, 0.717) is 40.1 Å². The molecule has 2 aromatic heterocycles. The minimum absolute atomic E-state index is 0.223.